The van der Waals surface area contributed by atoms with Gasteiger partial charge < -0.3 is 15.1 Å². The van der Waals surface area contributed by atoms with Crippen LogP contribution in [0.1, 0.15) is 137 Å². The predicted octanol–water partition coefficient (Wildman–Crippen LogP) is 15.3. The summed E-state index contributed by atoms with van der Waals surface area (Å²) in [6.07, 6.45) is 5.43. The number of pyridine rings is 2. The Hall–Kier alpha value is -4.44. The Labute approximate surface area is 378 Å². The Morgan fingerprint density at radius 3 is 1.73 bits per heavy atom. The number of carbonyl (C=O) groups is 1. The van der Waals surface area contributed by atoms with E-state index in [-0.39, 0.29) is 48.4 Å². The van der Waals surface area contributed by atoms with Gasteiger partial charge in [0.05, 0.1) is 2.74 Å². The van der Waals surface area contributed by atoms with Crippen molar-refractivity contribution in [1.82, 2.24) is 9.97 Å². The second kappa shape index (κ2) is 21.9. The quantitative estimate of drug-likeness (QED) is 0.0844. The Bertz CT molecular complexity index is 2480. The van der Waals surface area contributed by atoms with Crippen LogP contribution < -0.4 is 0 Å². The van der Waals surface area contributed by atoms with Crippen LogP contribution >= 0.6 is 0 Å². The molecule has 2 heterocycles. The van der Waals surface area contributed by atoms with Gasteiger partial charge in [-0.15, -0.1) is 69.8 Å². The zero-order chi connectivity index (χ0) is 45.4. The number of rotatable bonds is 10. The van der Waals surface area contributed by atoms with Crippen LogP contribution in [0.3, 0.4) is 0 Å². The van der Waals surface area contributed by atoms with E-state index in [9.17, 15) is 9.90 Å². The maximum atomic E-state index is 11.9. The molecule has 0 saturated carbocycles. The molecule has 1 N–H and O–H groups in total. The number of carbonyl (C=O) groups excluding carboxylic acids is 1. The smallest absolute Gasteiger partial charge is 0.162 e. The van der Waals surface area contributed by atoms with Crippen LogP contribution in [0.5, 0.6) is 0 Å². The van der Waals surface area contributed by atoms with Crippen LogP contribution in [-0.2, 0) is 30.3 Å². The first-order chi connectivity index (χ1) is 28.6. The molecule has 4 aromatic carbocycles. The maximum Gasteiger partial charge on any atom is 0.162 e. The second-order valence-corrected chi connectivity index (χ2v) is 17.7. The van der Waals surface area contributed by atoms with Gasteiger partial charge in [-0.1, -0.05) is 132 Å². The molecule has 5 heteroatoms. The number of hydrogen-bond donors (Lipinski definition) is 1. The van der Waals surface area contributed by atoms with Crippen molar-refractivity contribution in [3.8, 4) is 22.5 Å². The number of allylic oxidation sites excluding steroid dienone is 2. The number of ketones is 1. The van der Waals surface area contributed by atoms with Crippen LogP contribution in [-0.4, -0.2) is 20.9 Å². The van der Waals surface area contributed by atoms with Crippen LogP contribution in [0.2, 0.25) is 0 Å². The van der Waals surface area contributed by atoms with Crippen molar-refractivity contribution in [1.29, 1.82) is 0 Å². The van der Waals surface area contributed by atoms with E-state index in [0.717, 1.165) is 80.9 Å². The summed E-state index contributed by atoms with van der Waals surface area (Å²) in [5, 5.41) is 14.3. The van der Waals surface area contributed by atoms with Gasteiger partial charge >= 0.3 is 0 Å². The average molecular weight is 983 g/mol. The summed E-state index contributed by atoms with van der Waals surface area (Å²) in [5.74, 6) is 0.832. The topological polar surface area (TPSA) is 63.1 Å². The van der Waals surface area contributed by atoms with Gasteiger partial charge in [0, 0.05) is 49.9 Å². The number of nitrogens with zero attached hydrogens (tertiary/aromatic N) is 2. The van der Waals surface area contributed by atoms with E-state index >= 15 is 0 Å². The molecule has 321 valence electrons. The summed E-state index contributed by atoms with van der Waals surface area (Å²) in [4.78, 5) is 20.8. The van der Waals surface area contributed by atoms with E-state index in [4.69, 9.17) is 2.74 Å². The van der Waals surface area contributed by atoms with Crippen molar-refractivity contribution in [3.63, 3.8) is 0 Å². The van der Waals surface area contributed by atoms with Gasteiger partial charge in [-0.3, -0.25) is 4.79 Å². The first-order valence-corrected chi connectivity index (χ1v) is 21.4. The number of fused-ring (bicyclic) bond motifs is 2. The molecule has 0 aliphatic heterocycles. The van der Waals surface area contributed by atoms with Gasteiger partial charge in [0.2, 0.25) is 0 Å². The summed E-state index contributed by atoms with van der Waals surface area (Å²) >= 11 is 0. The van der Waals surface area contributed by atoms with Gasteiger partial charge in [0.1, 0.15) is 5.76 Å². The molecule has 6 rings (SSSR count). The normalized spacial score (nSPS) is 12.3. The second-order valence-electron chi connectivity index (χ2n) is 17.7. The van der Waals surface area contributed by atoms with E-state index in [1.165, 1.54) is 28.3 Å². The Morgan fingerprint density at radius 2 is 1.23 bits per heavy atom. The predicted molar refractivity (Wildman–Crippen MR) is 252 cm³/mol. The number of hydrogen-bond acceptors (Lipinski definition) is 4. The van der Waals surface area contributed by atoms with Crippen molar-refractivity contribution in [3.05, 3.63) is 142 Å². The van der Waals surface area contributed by atoms with E-state index in [2.05, 4.69) is 138 Å². The third kappa shape index (κ3) is 12.8. The van der Waals surface area contributed by atoms with Crippen LogP contribution in [0, 0.1) is 51.2 Å². The van der Waals surface area contributed by atoms with E-state index in [1.54, 1.807) is 0 Å². The van der Waals surface area contributed by atoms with Crippen LogP contribution in [0.4, 0.5) is 0 Å². The van der Waals surface area contributed by atoms with Crippen molar-refractivity contribution in [2.24, 2.45) is 11.3 Å². The molecule has 0 atom stereocenters. The van der Waals surface area contributed by atoms with Gasteiger partial charge in [-0.05, 0) is 94.6 Å². The zero-order valence-corrected chi connectivity index (χ0v) is 41.0. The molecule has 0 aliphatic carbocycles. The SMILES string of the molecule is CCC(CC)C(=O)/C=C(\O)C(C)(CC)CC.[2H]c1cc2cc(C(C)C)ccc2c(-c2[c-]c(C)cc(C(C)(C)C)c2)n1.[2H]c1cc2cc(C)ccc2c(-c2[c-]c(C)cc(C)c2)n1.[Ir]. The summed E-state index contributed by atoms with van der Waals surface area (Å²) in [7, 11) is 0. The number of benzene rings is 4. The monoisotopic (exact) mass is 984 g/mol. The first kappa shape index (κ1) is 46.6. The Kier molecular flexibility index (Phi) is 17.0. The first-order valence-electron chi connectivity index (χ1n) is 22.4. The molecule has 6 aromatic rings. The van der Waals surface area contributed by atoms with Crippen molar-refractivity contribution < 1.29 is 32.7 Å². The molecule has 0 aliphatic rings. The summed E-state index contributed by atoms with van der Waals surface area (Å²) < 4.78 is 16.1. The molecule has 0 spiro atoms. The third-order valence-electron chi connectivity index (χ3n) is 11.6. The average Bonchev–Trinajstić information content (AvgIpc) is 3.19. The molecule has 0 unspecified atom stereocenters. The number of aromatic nitrogens is 2. The van der Waals surface area contributed by atoms with E-state index in [1.807, 2.05) is 53.7 Å². The molecule has 0 saturated heterocycles. The number of aryl methyl sites for hydroxylation is 4. The van der Waals surface area contributed by atoms with E-state index in [0.29, 0.717) is 18.3 Å². The third-order valence-corrected chi connectivity index (χ3v) is 11.6. The summed E-state index contributed by atoms with van der Waals surface area (Å²) in [6, 6.07) is 31.8. The molecular weight excluding hydrogens is 913 g/mol. The fraction of sp³-hybridized carbons (Fsp3) is 0.400. The van der Waals surface area contributed by atoms with Gasteiger partial charge in [0.15, 0.2) is 5.78 Å². The van der Waals surface area contributed by atoms with Crippen molar-refractivity contribution in [2.75, 3.05) is 0 Å². The van der Waals surface area contributed by atoms with Crippen molar-refractivity contribution >= 4 is 27.3 Å². The Morgan fingerprint density at radius 1 is 0.717 bits per heavy atom. The fourth-order valence-corrected chi connectivity index (χ4v) is 7.19. The number of aliphatic hydroxyl groups excluding tert-OH is 1. The van der Waals surface area contributed by atoms with Gasteiger partial charge in [-0.2, -0.15) is 0 Å². The summed E-state index contributed by atoms with van der Waals surface area (Å²) in [6.45, 7) is 29.4. The van der Waals surface area contributed by atoms with Crippen LogP contribution in [0.25, 0.3) is 44.1 Å². The molecule has 60 heavy (non-hydrogen) atoms. The fourth-order valence-electron chi connectivity index (χ4n) is 7.19. The maximum absolute atomic E-state index is 11.9. The van der Waals surface area contributed by atoms with Crippen molar-refractivity contribution in [2.45, 2.75) is 134 Å². The molecule has 0 fully saturated rings. The van der Waals surface area contributed by atoms with E-state index < -0.39 is 0 Å². The van der Waals surface area contributed by atoms with Crippen LogP contribution in [0.15, 0.2) is 97.0 Å². The van der Waals surface area contributed by atoms with Gasteiger partial charge in [0.25, 0.3) is 0 Å². The zero-order valence-electron chi connectivity index (χ0n) is 40.6. The molecule has 0 amide bonds. The molecule has 1 radical (unpaired) electrons. The minimum absolute atomic E-state index is 0. The molecule has 4 nitrogen and oxygen atoms in total. The molecular formula is C55H68IrN2O2-2. The number of aliphatic hydroxyl groups is 1. The minimum atomic E-state index is -0.248. The standard InChI is InChI=1S/C23H26N.C18H16N.C14H26O2.Ir/c1-15(2)17-7-8-21-18(13-17)9-10-24-22(21)19-11-16(3)12-20(14-19)23(4,5)6;1-12-4-5-17-15(9-12)6-7-19-18(17)16-10-13(2)8-14(3)11-16;1-6-11(7-2)12(15)10-13(16)14(5,8-3)9-4;/h7-10,12-15H,1-6H3;4-10H,1-3H3;10-11,16H,6-9H2,1-5H3;/q2*-1;;/b;;13-10-;/i10D;7D;;. The largest absolute Gasteiger partial charge is 0.512 e. The minimum Gasteiger partial charge on any atom is -0.512 e. The summed E-state index contributed by atoms with van der Waals surface area (Å²) in [5.41, 5.74) is 10.6. The Balaban J connectivity index is 0.000000253. The van der Waals surface area contributed by atoms with Gasteiger partial charge in [-0.25, -0.2) is 0 Å². The molecule has 0 bridgehead atoms. The molecule has 2 aromatic heterocycles.